The van der Waals surface area contributed by atoms with Crippen molar-refractivity contribution in [3.63, 3.8) is 0 Å². The van der Waals surface area contributed by atoms with Gasteiger partial charge in [0.05, 0.1) is 17.4 Å². The topological polar surface area (TPSA) is 52.7 Å². The fourth-order valence-corrected chi connectivity index (χ4v) is 2.58. The van der Waals surface area contributed by atoms with E-state index in [2.05, 4.69) is 38.8 Å². The van der Waals surface area contributed by atoms with E-state index in [1.165, 1.54) is 18.4 Å². The smallest absolute Gasteiger partial charge is 0.0931 e. The highest BCUT2D eigenvalue weighted by Gasteiger charge is 2.11. The number of hydrogen-bond acceptors (Lipinski definition) is 3. The van der Waals surface area contributed by atoms with Crippen LogP contribution in [0.2, 0.25) is 0 Å². The molecule has 0 atom stereocenters. The quantitative estimate of drug-likeness (QED) is 0.763. The Balaban J connectivity index is 1.52. The van der Waals surface area contributed by atoms with E-state index in [1.54, 1.807) is 6.33 Å². The molecule has 18 heavy (non-hydrogen) atoms. The molecule has 0 saturated carbocycles. The number of fused-ring (bicyclic) bond motifs is 1. The van der Waals surface area contributed by atoms with Gasteiger partial charge >= 0.3 is 0 Å². The predicted molar refractivity (Wildman–Crippen MR) is 73.7 cm³/mol. The fraction of sp³-hybridized carbons (Fsp3) is 0.500. The van der Waals surface area contributed by atoms with E-state index in [4.69, 9.17) is 0 Å². The van der Waals surface area contributed by atoms with Crippen LogP contribution in [0.4, 0.5) is 0 Å². The number of nitrogens with one attached hydrogen (secondary N) is 3. The summed E-state index contributed by atoms with van der Waals surface area (Å²) in [5.74, 6) is 0. The lowest BCUT2D eigenvalue weighted by atomic mass is 10.1. The molecular weight excluding hydrogens is 224 g/mol. The van der Waals surface area contributed by atoms with Gasteiger partial charge in [-0.15, -0.1) is 0 Å². The molecule has 96 valence electrons. The van der Waals surface area contributed by atoms with E-state index in [0.29, 0.717) is 6.04 Å². The third-order valence-electron chi connectivity index (χ3n) is 3.67. The molecule has 4 heteroatoms. The van der Waals surface area contributed by atoms with Gasteiger partial charge in [0.1, 0.15) is 0 Å². The molecule has 4 nitrogen and oxygen atoms in total. The summed E-state index contributed by atoms with van der Waals surface area (Å²) in [6.07, 6.45) is 5.33. The molecule has 1 aliphatic heterocycles. The zero-order valence-corrected chi connectivity index (χ0v) is 10.6. The van der Waals surface area contributed by atoms with Crippen LogP contribution in [0.5, 0.6) is 0 Å². The molecule has 0 aliphatic carbocycles. The number of benzene rings is 1. The summed E-state index contributed by atoms with van der Waals surface area (Å²) in [7, 11) is 0. The van der Waals surface area contributed by atoms with Gasteiger partial charge in [0, 0.05) is 6.04 Å². The van der Waals surface area contributed by atoms with Gasteiger partial charge in [-0.3, -0.25) is 0 Å². The number of hydrogen-bond donors (Lipinski definition) is 3. The van der Waals surface area contributed by atoms with Gasteiger partial charge < -0.3 is 15.6 Å². The number of aromatic nitrogens is 2. The lowest BCUT2D eigenvalue weighted by Gasteiger charge is -2.23. The molecule has 1 aliphatic rings. The maximum Gasteiger partial charge on any atom is 0.0931 e. The lowest BCUT2D eigenvalue weighted by molar-refractivity contribution is 0.390. The van der Waals surface area contributed by atoms with Crippen LogP contribution in [-0.4, -0.2) is 35.6 Å². The highest BCUT2D eigenvalue weighted by Crippen LogP contribution is 2.12. The number of nitrogens with zero attached hydrogens (tertiary/aromatic N) is 1. The van der Waals surface area contributed by atoms with Gasteiger partial charge in [-0.2, -0.15) is 0 Å². The van der Waals surface area contributed by atoms with Crippen LogP contribution < -0.4 is 10.6 Å². The summed E-state index contributed by atoms with van der Waals surface area (Å²) < 4.78 is 0. The third kappa shape index (κ3) is 2.71. The third-order valence-corrected chi connectivity index (χ3v) is 3.67. The Hall–Kier alpha value is -1.39. The molecule has 3 N–H and O–H groups in total. The van der Waals surface area contributed by atoms with Crippen LogP contribution in [0.15, 0.2) is 24.5 Å². The zero-order valence-electron chi connectivity index (χ0n) is 10.6. The first kappa shape index (κ1) is 11.7. The van der Waals surface area contributed by atoms with Crippen LogP contribution in [0.25, 0.3) is 11.0 Å². The predicted octanol–water partition coefficient (Wildman–Crippen LogP) is 1.45. The highest BCUT2D eigenvalue weighted by molar-refractivity contribution is 5.75. The molecule has 0 amide bonds. The van der Waals surface area contributed by atoms with Gasteiger partial charge in [0.25, 0.3) is 0 Å². The number of imidazole rings is 1. The summed E-state index contributed by atoms with van der Waals surface area (Å²) in [4.78, 5) is 7.40. The number of H-pyrrole nitrogens is 1. The lowest BCUT2D eigenvalue weighted by Crippen LogP contribution is -2.40. The summed E-state index contributed by atoms with van der Waals surface area (Å²) in [6.45, 7) is 3.36. The van der Waals surface area contributed by atoms with Crippen molar-refractivity contribution < 1.29 is 0 Å². The monoisotopic (exact) mass is 244 g/mol. The average Bonchev–Trinajstić information content (AvgIpc) is 2.87. The van der Waals surface area contributed by atoms with E-state index in [1.807, 2.05) is 0 Å². The minimum Gasteiger partial charge on any atom is -0.345 e. The Morgan fingerprint density at radius 2 is 2.17 bits per heavy atom. The van der Waals surface area contributed by atoms with Crippen LogP contribution in [0.3, 0.4) is 0 Å². The minimum absolute atomic E-state index is 0.696. The Bertz CT molecular complexity index is 499. The molecule has 1 saturated heterocycles. The first-order chi connectivity index (χ1) is 8.92. The normalized spacial score (nSPS) is 17.3. The molecule has 0 unspecified atom stereocenters. The van der Waals surface area contributed by atoms with Crippen molar-refractivity contribution in [3.8, 4) is 0 Å². The van der Waals surface area contributed by atoms with Crippen LogP contribution in [-0.2, 0) is 6.42 Å². The van der Waals surface area contributed by atoms with Gasteiger partial charge in [-0.1, -0.05) is 6.07 Å². The summed E-state index contributed by atoms with van der Waals surface area (Å²) in [5, 5.41) is 7.04. The first-order valence-corrected chi connectivity index (χ1v) is 6.78. The van der Waals surface area contributed by atoms with E-state index in [-0.39, 0.29) is 0 Å². The number of aromatic amines is 1. The molecule has 1 aromatic heterocycles. The summed E-state index contributed by atoms with van der Waals surface area (Å²) >= 11 is 0. The minimum atomic E-state index is 0.696. The molecule has 0 bridgehead atoms. The maximum absolute atomic E-state index is 4.24. The van der Waals surface area contributed by atoms with Crippen LogP contribution in [0.1, 0.15) is 18.4 Å². The van der Waals surface area contributed by atoms with E-state index in [0.717, 1.165) is 37.1 Å². The second-order valence-electron chi connectivity index (χ2n) is 4.98. The van der Waals surface area contributed by atoms with E-state index >= 15 is 0 Å². The summed E-state index contributed by atoms with van der Waals surface area (Å²) in [6, 6.07) is 7.16. The highest BCUT2D eigenvalue weighted by atomic mass is 15.0. The van der Waals surface area contributed by atoms with Crippen molar-refractivity contribution in [1.29, 1.82) is 0 Å². The van der Waals surface area contributed by atoms with Crippen molar-refractivity contribution in [3.05, 3.63) is 30.1 Å². The van der Waals surface area contributed by atoms with Crippen LogP contribution >= 0.6 is 0 Å². The number of piperidine rings is 1. The number of rotatable bonds is 4. The first-order valence-electron chi connectivity index (χ1n) is 6.78. The molecule has 3 rings (SSSR count). The van der Waals surface area contributed by atoms with Crippen molar-refractivity contribution in [2.75, 3.05) is 19.6 Å². The van der Waals surface area contributed by atoms with Gasteiger partial charge in [0.15, 0.2) is 0 Å². The second-order valence-corrected chi connectivity index (χ2v) is 4.98. The standard InChI is InChI=1S/C14H20N4/c1-2-13-14(18-10-17-13)9-11(1)3-8-16-12-4-6-15-7-5-12/h1-2,9-10,12,15-16H,3-8H2,(H,17,18). The average molecular weight is 244 g/mol. The van der Waals surface area contributed by atoms with E-state index < -0.39 is 0 Å². The van der Waals surface area contributed by atoms with Crippen molar-refractivity contribution >= 4 is 11.0 Å². The molecule has 1 fully saturated rings. The SMILES string of the molecule is c1nc2ccc(CCNC3CCNCC3)cc2[nH]1. The molecule has 0 spiro atoms. The molecule has 0 radical (unpaired) electrons. The fourth-order valence-electron chi connectivity index (χ4n) is 2.58. The molecule has 1 aromatic carbocycles. The van der Waals surface area contributed by atoms with Crippen molar-refractivity contribution in [1.82, 2.24) is 20.6 Å². The Morgan fingerprint density at radius 1 is 1.28 bits per heavy atom. The Kier molecular flexibility index (Phi) is 3.57. The Morgan fingerprint density at radius 3 is 3.06 bits per heavy atom. The second kappa shape index (κ2) is 5.50. The van der Waals surface area contributed by atoms with Crippen LogP contribution in [0, 0.1) is 0 Å². The van der Waals surface area contributed by atoms with Gasteiger partial charge in [0.2, 0.25) is 0 Å². The van der Waals surface area contributed by atoms with Gasteiger partial charge in [-0.25, -0.2) is 4.98 Å². The maximum atomic E-state index is 4.24. The molecular formula is C14H20N4. The van der Waals surface area contributed by atoms with E-state index in [9.17, 15) is 0 Å². The largest absolute Gasteiger partial charge is 0.345 e. The van der Waals surface area contributed by atoms with Crippen molar-refractivity contribution in [2.45, 2.75) is 25.3 Å². The van der Waals surface area contributed by atoms with Crippen molar-refractivity contribution in [2.24, 2.45) is 0 Å². The Labute approximate surface area is 107 Å². The molecule has 2 heterocycles. The zero-order chi connectivity index (χ0) is 12.2. The summed E-state index contributed by atoms with van der Waals surface area (Å²) in [5.41, 5.74) is 3.55. The molecule has 2 aromatic rings. The van der Waals surface area contributed by atoms with Gasteiger partial charge in [-0.05, 0) is 56.6 Å².